The molecule has 0 saturated heterocycles. The number of aliphatic hydroxyl groups is 1. The van der Waals surface area contributed by atoms with Crippen molar-refractivity contribution in [1.29, 1.82) is 0 Å². The van der Waals surface area contributed by atoms with E-state index in [1.54, 1.807) is 5.92 Å². The van der Waals surface area contributed by atoms with E-state index in [9.17, 15) is 10.1 Å². The minimum absolute atomic E-state index is 0.0743. The van der Waals surface area contributed by atoms with Crippen LogP contribution in [-0.2, 0) is 14.2 Å². The molecule has 68 valence electrons. The Morgan fingerprint density at radius 3 is 2.33 bits per heavy atom. The molecule has 0 aromatic heterocycles. The van der Waals surface area contributed by atoms with E-state index in [0.29, 0.717) is 0 Å². The Kier molecular flexibility index (Phi) is 9.47. The van der Waals surface area contributed by atoms with Crippen molar-refractivity contribution in [2.75, 3.05) is 6.61 Å². The molecular weight excluding hydrogens is 187 g/mol. The van der Waals surface area contributed by atoms with Crippen LogP contribution in [0.25, 0.3) is 0 Å². The molecule has 0 amide bonds. The van der Waals surface area contributed by atoms with Gasteiger partial charge in [-0.3, -0.25) is 9.36 Å². The van der Waals surface area contributed by atoms with Crippen molar-refractivity contribution in [3.8, 4) is 12.3 Å². The zero-order valence-electron chi connectivity index (χ0n) is 5.80. The summed E-state index contributed by atoms with van der Waals surface area (Å²) < 4.78 is 8.35. The van der Waals surface area contributed by atoms with Crippen LogP contribution < -0.4 is 10.2 Å². The van der Waals surface area contributed by atoms with E-state index in [4.69, 9.17) is 14.6 Å². The highest BCUT2D eigenvalue weighted by molar-refractivity contribution is 7.14. The van der Waals surface area contributed by atoms with Crippen molar-refractivity contribution in [3.63, 3.8) is 0 Å². The van der Waals surface area contributed by atoms with E-state index in [1.165, 1.54) is 0 Å². The molecule has 7 heteroatoms. The Morgan fingerprint density at radius 1 is 1.83 bits per heavy atom. The van der Waals surface area contributed by atoms with E-state index in [0.717, 1.165) is 0 Å². The standard InChI is InChI=1S/C5H6O4.HO2P/c1-2-5(7,3-6)4-9-8;1-3-2/h1,3,7-8H,4H2;(H,1,2)/p-2/t5-;/m0./s1. The third-order valence-corrected chi connectivity index (χ3v) is 0.724. The summed E-state index contributed by atoms with van der Waals surface area (Å²) in [6, 6.07) is 0. The van der Waals surface area contributed by atoms with Crippen LogP contribution >= 0.6 is 8.69 Å². The average molecular weight is 192 g/mol. The zero-order chi connectivity index (χ0) is 10.0. The number of carbonyl (C=O) groups is 1. The number of hydrogen-bond donors (Lipinski definition) is 1. The fourth-order valence-corrected chi connectivity index (χ4v) is 0.200. The van der Waals surface area contributed by atoms with Crippen LogP contribution in [0.5, 0.6) is 0 Å². The molecule has 0 unspecified atom stereocenters. The minimum Gasteiger partial charge on any atom is -0.772 e. The molecule has 12 heavy (non-hydrogen) atoms. The first-order valence-corrected chi connectivity index (χ1v) is 3.19. The summed E-state index contributed by atoms with van der Waals surface area (Å²) in [6.07, 6.45) is 4.73. The molecule has 0 bridgehead atoms. The van der Waals surface area contributed by atoms with Gasteiger partial charge < -0.3 is 20.1 Å². The quantitative estimate of drug-likeness (QED) is 0.172. The molecule has 0 spiro atoms. The molecule has 0 aromatic carbocycles. The van der Waals surface area contributed by atoms with Crippen LogP contribution in [0.3, 0.4) is 0 Å². The summed E-state index contributed by atoms with van der Waals surface area (Å²) in [5, 5.41) is 18.0. The van der Waals surface area contributed by atoms with Gasteiger partial charge in [-0.15, -0.1) is 6.42 Å². The molecule has 0 radical (unpaired) electrons. The largest absolute Gasteiger partial charge is 0.772 e. The van der Waals surface area contributed by atoms with E-state index >= 15 is 0 Å². The predicted molar refractivity (Wildman–Crippen MR) is 33.4 cm³/mol. The molecule has 1 atom stereocenters. The van der Waals surface area contributed by atoms with Gasteiger partial charge in [0.25, 0.3) is 0 Å². The summed E-state index contributed by atoms with van der Waals surface area (Å²) >= 11 is 0. The second kappa shape index (κ2) is 8.27. The minimum atomic E-state index is -2.05. The maximum atomic E-state index is 9.84. The monoisotopic (exact) mass is 192 g/mol. The number of aldehydes is 1. The number of hydrogen-bond acceptors (Lipinski definition) is 6. The van der Waals surface area contributed by atoms with Crippen LogP contribution in [0.1, 0.15) is 0 Å². The predicted octanol–water partition coefficient (Wildman–Crippen LogP) is -2.61. The maximum absolute atomic E-state index is 9.84. The lowest BCUT2D eigenvalue weighted by atomic mass is 10.1. The second-order valence-corrected chi connectivity index (χ2v) is 1.67. The Morgan fingerprint density at radius 2 is 2.25 bits per heavy atom. The summed E-state index contributed by atoms with van der Waals surface area (Å²) in [4.78, 5) is 21.4. The van der Waals surface area contributed by atoms with E-state index in [1.807, 2.05) is 0 Å². The Balaban J connectivity index is 0. The summed E-state index contributed by atoms with van der Waals surface area (Å²) in [6.45, 7) is -0.715. The molecule has 0 aliphatic heterocycles. The Labute approximate surface area is 70.0 Å². The van der Waals surface area contributed by atoms with Crippen molar-refractivity contribution in [3.05, 3.63) is 0 Å². The van der Waals surface area contributed by atoms with Gasteiger partial charge in [0, 0.05) is 0 Å². The fraction of sp³-hybridized carbons (Fsp3) is 0.400. The van der Waals surface area contributed by atoms with Crippen molar-refractivity contribution in [2.24, 2.45) is 0 Å². The first-order valence-electron chi connectivity index (χ1n) is 2.46. The van der Waals surface area contributed by atoms with Gasteiger partial charge in [-0.05, 0) is 0 Å². The third kappa shape index (κ3) is 7.28. The number of terminal acetylenes is 1. The van der Waals surface area contributed by atoms with Crippen LogP contribution in [-0.4, -0.2) is 23.6 Å². The molecule has 0 fully saturated rings. The van der Waals surface area contributed by atoms with Gasteiger partial charge in [-0.25, -0.2) is 0 Å². The highest BCUT2D eigenvalue weighted by Gasteiger charge is 2.20. The highest BCUT2D eigenvalue weighted by atomic mass is 31.1. The molecule has 0 aliphatic carbocycles. The van der Waals surface area contributed by atoms with Crippen LogP contribution in [0.15, 0.2) is 0 Å². The molecule has 0 saturated carbocycles. The Bertz CT molecular complexity index is 175. The lowest BCUT2D eigenvalue weighted by molar-refractivity contribution is -0.692. The average Bonchev–Trinajstić information content (AvgIpc) is 2.06. The normalized spacial score (nSPS) is 13.5. The van der Waals surface area contributed by atoms with Gasteiger partial charge in [0.15, 0.2) is 6.29 Å². The molecule has 0 rings (SSSR count). The van der Waals surface area contributed by atoms with Crippen LogP contribution in [0.4, 0.5) is 0 Å². The van der Waals surface area contributed by atoms with Gasteiger partial charge in [-0.1, -0.05) is 5.92 Å². The maximum Gasteiger partial charge on any atom is 0.203 e. The molecule has 1 N–H and O–H groups in total. The zero-order valence-corrected chi connectivity index (χ0v) is 6.69. The van der Waals surface area contributed by atoms with Crippen LogP contribution in [0.2, 0.25) is 0 Å². The first-order chi connectivity index (χ1) is 5.60. The smallest absolute Gasteiger partial charge is 0.203 e. The van der Waals surface area contributed by atoms with Gasteiger partial charge >= 0.3 is 0 Å². The van der Waals surface area contributed by atoms with E-state index < -0.39 is 20.9 Å². The van der Waals surface area contributed by atoms with Gasteiger partial charge in [0.05, 0.1) is 15.3 Å². The lowest BCUT2D eigenvalue weighted by Crippen LogP contribution is -2.36. The number of carbonyl (C=O) groups excluding carboxylic acids is 1. The van der Waals surface area contributed by atoms with Crippen molar-refractivity contribution in [2.45, 2.75) is 5.60 Å². The van der Waals surface area contributed by atoms with E-state index in [2.05, 4.69) is 11.3 Å². The van der Waals surface area contributed by atoms with Crippen molar-refractivity contribution >= 4 is 15.0 Å². The lowest BCUT2D eigenvalue weighted by Gasteiger charge is -2.16. The summed E-state index contributed by atoms with van der Waals surface area (Å²) in [7, 11) is -1.08. The SMILES string of the molecule is C#C[C@](O)(C=O)CO[O-].O=P[O-]. The third-order valence-electron chi connectivity index (χ3n) is 0.724. The topological polar surface area (TPSA) is 110 Å². The van der Waals surface area contributed by atoms with E-state index in [-0.39, 0.29) is 6.29 Å². The molecule has 0 aromatic rings. The fourth-order valence-electron chi connectivity index (χ4n) is 0.200. The first kappa shape index (κ1) is 13.7. The second-order valence-electron chi connectivity index (χ2n) is 1.52. The van der Waals surface area contributed by atoms with Gasteiger partial charge in [-0.2, -0.15) is 0 Å². The number of rotatable bonds is 3. The molecular formula is C5H5O6P-2. The molecule has 0 heterocycles. The Hall–Kier alpha value is -0.830. The summed E-state index contributed by atoms with van der Waals surface area (Å²) in [5.74, 6) is 1.69. The van der Waals surface area contributed by atoms with Gasteiger partial charge in [0.1, 0.15) is 0 Å². The molecule has 6 nitrogen and oxygen atoms in total. The molecule has 0 aliphatic rings. The van der Waals surface area contributed by atoms with Crippen LogP contribution in [0, 0.1) is 12.3 Å². The van der Waals surface area contributed by atoms with Crippen molar-refractivity contribution in [1.82, 2.24) is 0 Å². The van der Waals surface area contributed by atoms with Crippen molar-refractivity contribution < 1.29 is 29.5 Å². The summed E-state index contributed by atoms with van der Waals surface area (Å²) in [5.41, 5.74) is -2.05. The van der Waals surface area contributed by atoms with Gasteiger partial charge in [0.2, 0.25) is 5.60 Å². The highest BCUT2D eigenvalue weighted by Crippen LogP contribution is 1.95.